The monoisotopic (exact) mass is 287 g/mol. The predicted molar refractivity (Wildman–Crippen MR) is 74.6 cm³/mol. The van der Waals surface area contributed by atoms with E-state index in [9.17, 15) is 4.79 Å². The van der Waals surface area contributed by atoms with Gasteiger partial charge in [0.15, 0.2) is 0 Å². The van der Waals surface area contributed by atoms with Gasteiger partial charge in [0.05, 0.1) is 10.3 Å². The topological polar surface area (TPSA) is 38.3 Å². The highest BCUT2D eigenvalue weighted by Crippen LogP contribution is 2.28. The van der Waals surface area contributed by atoms with E-state index in [-0.39, 0.29) is 11.7 Å². The van der Waals surface area contributed by atoms with Crippen LogP contribution in [0.25, 0.3) is 0 Å². The molecule has 0 amide bonds. The molecule has 0 aliphatic carbocycles. The van der Waals surface area contributed by atoms with Gasteiger partial charge in [-0.05, 0) is 31.9 Å². The van der Waals surface area contributed by atoms with E-state index in [1.165, 1.54) is 11.3 Å². The van der Waals surface area contributed by atoms with Crippen molar-refractivity contribution in [2.45, 2.75) is 31.7 Å². The van der Waals surface area contributed by atoms with Crippen LogP contribution in [0.2, 0.25) is 4.34 Å². The molecule has 1 aliphatic rings. The maximum atomic E-state index is 11.7. The second-order valence-electron chi connectivity index (χ2n) is 4.60. The van der Waals surface area contributed by atoms with Crippen molar-refractivity contribution in [1.82, 2.24) is 5.32 Å². The normalized spacial score (nSPS) is 18.8. The molecule has 3 nitrogen and oxygen atoms in total. The molecule has 1 aromatic heterocycles. The lowest BCUT2D eigenvalue weighted by molar-refractivity contribution is -0.118. The fourth-order valence-corrected chi connectivity index (χ4v) is 3.37. The smallest absolute Gasteiger partial charge is 0.139 e. The zero-order valence-corrected chi connectivity index (χ0v) is 12.0. The summed E-state index contributed by atoms with van der Waals surface area (Å²) in [7, 11) is 0. The molecule has 1 aliphatic heterocycles. The van der Waals surface area contributed by atoms with E-state index in [0.717, 1.165) is 35.3 Å². The summed E-state index contributed by atoms with van der Waals surface area (Å²) < 4.78 is 6.06. The van der Waals surface area contributed by atoms with Crippen LogP contribution in [-0.2, 0) is 9.53 Å². The fourth-order valence-electron chi connectivity index (χ4n) is 2.15. The molecule has 5 heteroatoms. The molecule has 2 rings (SSSR count). The first-order chi connectivity index (χ1) is 8.66. The quantitative estimate of drug-likeness (QED) is 0.905. The van der Waals surface area contributed by atoms with Gasteiger partial charge in [0, 0.05) is 30.7 Å². The van der Waals surface area contributed by atoms with Crippen LogP contribution in [0.4, 0.5) is 0 Å². The van der Waals surface area contributed by atoms with E-state index in [2.05, 4.69) is 5.32 Å². The number of ketones is 1. The average Bonchev–Trinajstić information content (AvgIpc) is 2.77. The minimum absolute atomic E-state index is 0.0784. The van der Waals surface area contributed by atoms with Gasteiger partial charge in [0.2, 0.25) is 0 Å². The summed E-state index contributed by atoms with van der Waals surface area (Å²) in [5.74, 6) is 0.110. The summed E-state index contributed by atoms with van der Waals surface area (Å²) in [6, 6.07) is 4.27. The molecular weight excluding hydrogens is 270 g/mol. The van der Waals surface area contributed by atoms with Crippen molar-refractivity contribution in [3.8, 4) is 0 Å². The lowest BCUT2D eigenvalue weighted by Crippen LogP contribution is -2.38. The van der Waals surface area contributed by atoms with Gasteiger partial charge in [-0.3, -0.25) is 4.79 Å². The maximum absolute atomic E-state index is 11.7. The van der Waals surface area contributed by atoms with Crippen molar-refractivity contribution in [3.05, 3.63) is 21.3 Å². The van der Waals surface area contributed by atoms with Crippen LogP contribution in [0, 0.1) is 0 Å². The highest BCUT2D eigenvalue weighted by molar-refractivity contribution is 7.16. The van der Waals surface area contributed by atoms with E-state index < -0.39 is 0 Å². The SMILES string of the molecule is CC(=O)C(CNC1CCOCC1)c1ccc(Cl)s1. The van der Waals surface area contributed by atoms with E-state index in [0.29, 0.717) is 12.6 Å². The van der Waals surface area contributed by atoms with Gasteiger partial charge in [0.1, 0.15) is 5.78 Å². The fraction of sp³-hybridized carbons (Fsp3) is 0.615. The molecule has 0 radical (unpaired) electrons. The first kappa shape index (κ1) is 14.0. The molecule has 0 aromatic carbocycles. The third kappa shape index (κ3) is 3.79. The Morgan fingerprint density at radius 3 is 2.83 bits per heavy atom. The maximum Gasteiger partial charge on any atom is 0.139 e. The molecule has 1 unspecified atom stereocenters. The predicted octanol–water partition coefficient (Wildman–Crippen LogP) is 2.84. The Kier molecular flexibility index (Phi) is 5.18. The molecule has 18 heavy (non-hydrogen) atoms. The summed E-state index contributed by atoms with van der Waals surface area (Å²) in [5.41, 5.74) is 0. The van der Waals surface area contributed by atoms with E-state index >= 15 is 0 Å². The van der Waals surface area contributed by atoms with Crippen LogP contribution in [0.1, 0.15) is 30.6 Å². The molecule has 1 fully saturated rings. The van der Waals surface area contributed by atoms with Crippen molar-refractivity contribution in [2.75, 3.05) is 19.8 Å². The number of hydrogen-bond acceptors (Lipinski definition) is 4. The number of halogens is 1. The number of hydrogen-bond donors (Lipinski definition) is 1. The van der Waals surface area contributed by atoms with Gasteiger partial charge in [-0.15, -0.1) is 11.3 Å². The van der Waals surface area contributed by atoms with Crippen LogP contribution in [0.3, 0.4) is 0 Å². The minimum atomic E-state index is -0.0784. The van der Waals surface area contributed by atoms with Crippen LogP contribution in [-0.4, -0.2) is 31.6 Å². The van der Waals surface area contributed by atoms with Crippen LogP contribution >= 0.6 is 22.9 Å². The van der Waals surface area contributed by atoms with E-state index in [1.54, 1.807) is 6.92 Å². The number of rotatable bonds is 5. The van der Waals surface area contributed by atoms with Crippen LogP contribution < -0.4 is 5.32 Å². The summed E-state index contributed by atoms with van der Waals surface area (Å²) in [6.45, 7) is 3.96. The molecule has 1 aromatic rings. The molecule has 100 valence electrons. The summed E-state index contributed by atoms with van der Waals surface area (Å²) in [6.07, 6.45) is 2.05. The third-order valence-electron chi connectivity index (χ3n) is 3.26. The standard InChI is InChI=1S/C13H18ClNO2S/c1-9(16)11(12-2-3-13(14)18-12)8-15-10-4-6-17-7-5-10/h2-3,10-11,15H,4-8H2,1H3. The molecule has 0 saturated carbocycles. The molecule has 0 bridgehead atoms. The number of carbonyl (C=O) groups is 1. The van der Waals surface area contributed by atoms with Crippen LogP contribution in [0.15, 0.2) is 12.1 Å². The number of thiophene rings is 1. The number of carbonyl (C=O) groups excluding carboxylic acids is 1. The first-order valence-electron chi connectivity index (χ1n) is 6.23. The van der Waals surface area contributed by atoms with Crippen molar-refractivity contribution in [3.63, 3.8) is 0 Å². The Morgan fingerprint density at radius 2 is 2.28 bits per heavy atom. The van der Waals surface area contributed by atoms with Gasteiger partial charge in [0.25, 0.3) is 0 Å². The molecule has 1 saturated heterocycles. The highest BCUT2D eigenvalue weighted by atomic mass is 35.5. The second-order valence-corrected chi connectivity index (χ2v) is 6.35. The van der Waals surface area contributed by atoms with Gasteiger partial charge >= 0.3 is 0 Å². The summed E-state index contributed by atoms with van der Waals surface area (Å²) in [4.78, 5) is 12.8. The Bertz CT molecular complexity index is 401. The van der Waals surface area contributed by atoms with Gasteiger partial charge in [-0.2, -0.15) is 0 Å². The van der Waals surface area contributed by atoms with Crippen molar-refractivity contribution < 1.29 is 9.53 Å². The number of Topliss-reactive ketones (excluding diaryl/α,β-unsaturated/α-hetero) is 1. The molecular formula is C13H18ClNO2S. The highest BCUT2D eigenvalue weighted by Gasteiger charge is 2.21. The number of ether oxygens (including phenoxy) is 1. The molecule has 1 atom stereocenters. The molecule has 2 heterocycles. The van der Waals surface area contributed by atoms with Crippen molar-refractivity contribution >= 4 is 28.7 Å². The van der Waals surface area contributed by atoms with Gasteiger partial charge in [-0.1, -0.05) is 11.6 Å². The van der Waals surface area contributed by atoms with E-state index in [4.69, 9.17) is 16.3 Å². The number of nitrogens with one attached hydrogen (secondary N) is 1. The Hall–Kier alpha value is -0.420. The minimum Gasteiger partial charge on any atom is -0.381 e. The molecule has 1 N–H and O–H groups in total. The summed E-state index contributed by atoms with van der Waals surface area (Å²) >= 11 is 7.42. The first-order valence-corrected chi connectivity index (χ1v) is 7.43. The lowest BCUT2D eigenvalue weighted by atomic mass is 10.0. The van der Waals surface area contributed by atoms with Gasteiger partial charge < -0.3 is 10.1 Å². The zero-order valence-electron chi connectivity index (χ0n) is 10.4. The van der Waals surface area contributed by atoms with Gasteiger partial charge in [-0.25, -0.2) is 0 Å². The average molecular weight is 288 g/mol. The Balaban J connectivity index is 1.92. The van der Waals surface area contributed by atoms with Crippen LogP contribution in [0.5, 0.6) is 0 Å². The third-order valence-corrected chi connectivity index (χ3v) is 4.60. The van der Waals surface area contributed by atoms with E-state index in [1.807, 2.05) is 12.1 Å². The largest absolute Gasteiger partial charge is 0.381 e. The Labute approximate surface area is 116 Å². The summed E-state index contributed by atoms with van der Waals surface area (Å²) in [5, 5.41) is 3.47. The zero-order chi connectivity index (χ0) is 13.0. The molecule has 0 spiro atoms. The Morgan fingerprint density at radius 1 is 1.56 bits per heavy atom. The van der Waals surface area contributed by atoms with Crippen molar-refractivity contribution in [1.29, 1.82) is 0 Å². The van der Waals surface area contributed by atoms with Crippen molar-refractivity contribution in [2.24, 2.45) is 0 Å². The second kappa shape index (κ2) is 6.66. The lowest BCUT2D eigenvalue weighted by Gasteiger charge is -2.25.